The molecule has 0 fully saturated rings. The van der Waals surface area contributed by atoms with Gasteiger partial charge in [-0.05, 0) is 90.2 Å². The zero-order chi connectivity index (χ0) is 32.8. The Hall–Kier alpha value is -3.62. The fourth-order valence-corrected chi connectivity index (χ4v) is 6.22. The van der Waals surface area contributed by atoms with E-state index in [1.165, 1.54) is 11.8 Å². The number of aromatic nitrogens is 2. The van der Waals surface area contributed by atoms with Gasteiger partial charge in [-0.2, -0.15) is 0 Å². The van der Waals surface area contributed by atoms with Crippen molar-refractivity contribution in [1.82, 2.24) is 14.9 Å². The third-order valence-corrected chi connectivity index (χ3v) is 8.95. The third kappa shape index (κ3) is 8.02. The first kappa shape index (κ1) is 33.7. The van der Waals surface area contributed by atoms with Crippen molar-refractivity contribution in [3.63, 3.8) is 0 Å². The van der Waals surface area contributed by atoms with Crippen molar-refractivity contribution in [2.45, 2.75) is 52.2 Å². The maximum absolute atomic E-state index is 14.0. The van der Waals surface area contributed by atoms with Crippen LogP contribution in [-0.2, 0) is 17.9 Å². The van der Waals surface area contributed by atoms with Crippen LogP contribution in [0.1, 0.15) is 55.8 Å². The number of nitrogens with one attached hydrogen (secondary N) is 1. The van der Waals surface area contributed by atoms with Crippen molar-refractivity contribution in [2.24, 2.45) is 5.73 Å². The van der Waals surface area contributed by atoms with Crippen molar-refractivity contribution >= 4 is 57.4 Å². The summed E-state index contributed by atoms with van der Waals surface area (Å²) in [6.07, 6.45) is 2.24. The Morgan fingerprint density at radius 2 is 1.59 bits per heavy atom. The second kappa shape index (κ2) is 15.3. The molecule has 0 aliphatic rings. The van der Waals surface area contributed by atoms with Gasteiger partial charge in [0.05, 0.1) is 26.1 Å². The predicted octanol–water partition coefficient (Wildman–Crippen LogP) is 9.18. The number of nitrogens with two attached hydrogens (primary N) is 1. The number of benzene rings is 4. The van der Waals surface area contributed by atoms with Crippen LogP contribution in [0.4, 0.5) is 10.1 Å². The van der Waals surface area contributed by atoms with E-state index >= 15 is 0 Å². The maximum atomic E-state index is 14.0. The van der Waals surface area contributed by atoms with Gasteiger partial charge in [-0.3, -0.25) is 4.79 Å². The minimum Gasteiger partial charge on any atom is -0.372 e. The first-order valence-corrected chi connectivity index (χ1v) is 16.5. The van der Waals surface area contributed by atoms with Crippen molar-refractivity contribution in [3.8, 4) is 11.4 Å². The van der Waals surface area contributed by atoms with Crippen LogP contribution < -0.4 is 16.0 Å². The fraction of sp³-hybridized carbons (Fsp3) is 0.278. The van der Waals surface area contributed by atoms with Crippen LogP contribution in [0.2, 0.25) is 15.1 Å². The van der Waals surface area contributed by atoms with E-state index in [-0.39, 0.29) is 17.5 Å². The lowest BCUT2D eigenvalue weighted by molar-refractivity contribution is -0.118. The zero-order valence-corrected chi connectivity index (χ0v) is 28.1. The monoisotopic (exact) mass is 679 g/mol. The zero-order valence-electron chi connectivity index (χ0n) is 25.9. The van der Waals surface area contributed by atoms with E-state index in [1.54, 1.807) is 24.3 Å². The van der Waals surface area contributed by atoms with Gasteiger partial charge < -0.3 is 20.5 Å². The fourth-order valence-electron chi connectivity index (χ4n) is 5.70. The lowest BCUT2D eigenvalue weighted by Crippen LogP contribution is -2.26. The Bertz CT molecular complexity index is 1820. The van der Waals surface area contributed by atoms with Crippen molar-refractivity contribution in [2.75, 3.05) is 18.0 Å². The molecule has 0 aliphatic carbocycles. The van der Waals surface area contributed by atoms with Gasteiger partial charge in [0, 0.05) is 49.9 Å². The Morgan fingerprint density at radius 3 is 2.24 bits per heavy atom. The molecule has 1 aromatic heterocycles. The van der Waals surface area contributed by atoms with Crippen molar-refractivity contribution in [3.05, 3.63) is 116 Å². The number of rotatable bonds is 14. The van der Waals surface area contributed by atoms with Crippen LogP contribution in [0, 0.1) is 5.82 Å². The average molecular weight is 681 g/mol. The summed E-state index contributed by atoms with van der Waals surface area (Å²) in [5.74, 6) is -0.114. The van der Waals surface area contributed by atoms with Gasteiger partial charge in [0.2, 0.25) is 5.91 Å². The molecular weight excluding hydrogens is 644 g/mol. The van der Waals surface area contributed by atoms with Gasteiger partial charge in [0.15, 0.2) is 0 Å². The summed E-state index contributed by atoms with van der Waals surface area (Å²) < 4.78 is 16.1. The molecular formula is C36H37Cl3FN5O. The van der Waals surface area contributed by atoms with E-state index in [4.69, 9.17) is 45.5 Å². The molecule has 0 spiro atoms. The average Bonchev–Trinajstić information content (AvgIpc) is 3.39. The number of carbonyl (C=O) groups is 1. The molecule has 240 valence electrons. The van der Waals surface area contributed by atoms with Gasteiger partial charge in [-0.25, -0.2) is 9.37 Å². The molecule has 5 rings (SSSR count). The van der Waals surface area contributed by atoms with E-state index in [0.29, 0.717) is 23.1 Å². The van der Waals surface area contributed by atoms with E-state index in [0.717, 1.165) is 65.0 Å². The van der Waals surface area contributed by atoms with Crippen molar-refractivity contribution < 1.29 is 9.18 Å². The normalized spacial score (nSPS) is 12.0. The van der Waals surface area contributed by atoms with Gasteiger partial charge >= 0.3 is 0 Å². The van der Waals surface area contributed by atoms with E-state index in [1.807, 2.05) is 24.3 Å². The summed E-state index contributed by atoms with van der Waals surface area (Å²) in [7, 11) is 0. The van der Waals surface area contributed by atoms with Crippen LogP contribution in [0.5, 0.6) is 0 Å². The molecule has 0 saturated heterocycles. The number of primary amides is 1. The molecule has 0 saturated carbocycles. The molecule has 0 aliphatic heterocycles. The lowest BCUT2D eigenvalue weighted by atomic mass is 10.0. The Kier molecular flexibility index (Phi) is 11.2. The highest BCUT2D eigenvalue weighted by atomic mass is 35.5. The molecule has 4 aromatic carbocycles. The molecule has 1 amide bonds. The number of carbonyl (C=O) groups excluding carboxylic acids is 1. The molecule has 1 unspecified atom stereocenters. The first-order valence-electron chi connectivity index (χ1n) is 15.4. The van der Waals surface area contributed by atoms with Crippen LogP contribution in [0.15, 0.2) is 78.9 Å². The maximum Gasteiger partial charge on any atom is 0.219 e. The highest BCUT2D eigenvalue weighted by molar-refractivity contribution is 6.42. The highest BCUT2D eigenvalue weighted by Crippen LogP contribution is 2.31. The SMILES string of the molecule is CCCN(CCC)c1ccc(-c2nc3cc(C(CC(N)=O)NCc4ccc(Cl)c(Cl)c4)ccc3n2Cc2ccc(F)c(Cl)c2)cc1. The van der Waals surface area contributed by atoms with E-state index < -0.39 is 11.7 Å². The van der Waals surface area contributed by atoms with E-state index in [9.17, 15) is 9.18 Å². The van der Waals surface area contributed by atoms with Gasteiger partial charge in [-0.15, -0.1) is 0 Å². The summed E-state index contributed by atoms with van der Waals surface area (Å²) in [6.45, 7) is 7.25. The standard InChI is InChI=1S/C36H37Cl3FN5O/c1-3-15-44(16-4-2)27-10-7-25(8-11-27)36-43-33-19-26(9-14-34(33)45(36)22-24-6-13-31(40)30(39)18-24)32(20-35(41)46)42-21-23-5-12-28(37)29(38)17-23/h5-14,17-19,32,42H,3-4,15-16,20-22H2,1-2H3,(H2,41,46). The summed E-state index contributed by atoms with van der Waals surface area (Å²) >= 11 is 18.5. The number of nitrogens with zero attached hydrogens (tertiary/aromatic N) is 3. The van der Waals surface area contributed by atoms with E-state index in [2.05, 4.69) is 52.9 Å². The summed E-state index contributed by atoms with van der Waals surface area (Å²) in [4.78, 5) is 19.6. The smallest absolute Gasteiger partial charge is 0.219 e. The Morgan fingerprint density at radius 1 is 0.891 bits per heavy atom. The summed E-state index contributed by atoms with van der Waals surface area (Å²) in [5.41, 5.74) is 12.1. The predicted molar refractivity (Wildman–Crippen MR) is 188 cm³/mol. The number of anilines is 1. The molecule has 6 nitrogen and oxygen atoms in total. The molecule has 0 radical (unpaired) electrons. The molecule has 0 bridgehead atoms. The summed E-state index contributed by atoms with van der Waals surface area (Å²) in [5, 5.41) is 4.46. The highest BCUT2D eigenvalue weighted by Gasteiger charge is 2.19. The second-order valence-corrected chi connectivity index (χ2v) is 12.6. The molecule has 1 heterocycles. The van der Waals surface area contributed by atoms with Crippen LogP contribution >= 0.6 is 34.8 Å². The number of fused-ring (bicyclic) bond motifs is 1. The largest absolute Gasteiger partial charge is 0.372 e. The van der Waals surface area contributed by atoms with Gasteiger partial charge in [0.25, 0.3) is 0 Å². The Labute approximate surface area is 284 Å². The molecule has 3 N–H and O–H groups in total. The number of hydrogen-bond donors (Lipinski definition) is 2. The second-order valence-electron chi connectivity index (χ2n) is 11.4. The quantitative estimate of drug-likeness (QED) is 0.123. The number of amides is 1. The van der Waals surface area contributed by atoms with Gasteiger partial charge in [-0.1, -0.05) is 66.8 Å². The minimum atomic E-state index is -0.459. The lowest BCUT2D eigenvalue weighted by Gasteiger charge is -2.24. The number of halogens is 4. The number of imidazole rings is 1. The first-order chi connectivity index (χ1) is 22.2. The molecule has 46 heavy (non-hydrogen) atoms. The van der Waals surface area contributed by atoms with Crippen LogP contribution in [0.25, 0.3) is 22.4 Å². The molecule has 5 aromatic rings. The Balaban J connectivity index is 1.53. The summed E-state index contributed by atoms with van der Waals surface area (Å²) in [6, 6.07) is 24.3. The van der Waals surface area contributed by atoms with Gasteiger partial charge in [0.1, 0.15) is 11.6 Å². The molecule has 1 atom stereocenters. The van der Waals surface area contributed by atoms with Crippen LogP contribution in [-0.4, -0.2) is 28.5 Å². The molecule has 10 heteroatoms. The minimum absolute atomic E-state index is 0.0735. The van der Waals surface area contributed by atoms with Crippen LogP contribution in [0.3, 0.4) is 0 Å². The topological polar surface area (TPSA) is 76.2 Å². The van der Waals surface area contributed by atoms with Crippen molar-refractivity contribution in [1.29, 1.82) is 0 Å². The number of hydrogen-bond acceptors (Lipinski definition) is 4. The third-order valence-electron chi connectivity index (χ3n) is 7.92.